The normalized spacial score (nSPS) is 14.4. The van der Waals surface area contributed by atoms with Gasteiger partial charge in [0.25, 0.3) is 0 Å². The molecular weight excluding hydrogens is 212 g/mol. The van der Waals surface area contributed by atoms with Crippen molar-refractivity contribution in [2.75, 3.05) is 0 Å². The van der Waals surface area contributed by atoms with Gasteiger partial charge in [0.15, 0.2) is 0 Å². The molecule has 6 heteroatoms. The Hall–Kier alpha value is -1.36. The van der Waals surface area contributed by atoms with E-state index < -0.39 is 17.9 Å². The van der Waals surface area contributed by atoms with Gasteiger partial charge in [-0.25, -0.2) is 9.59 Å². The van der Waals surface area contributed by atoms with Crippen molar-refractivity contribution >= 4 is 30.3 Å². The van der Waals surface area contributed by atoms with Crippen LogP contribution in [-0.4, -0.2) is 23.0 Å². The van der Waals surface area contributed by atoms with Gasteiger partial charge in [-0.05, 0) is 12.8 Å². The van der Waals surface area contributed by atoms with Gasteiger partial charge in [-0.1, -0.05) is 0 Å². The van der Waals surface area contributed by atoms with Crippen LogP contribution in [0.5, 0.6) is 0 Å². The van der Waals surface area contributed by atoms with Crippen LogP contribution >= 0.6 is 12.4 Å². The predicted octanol–water partition coefficient (Wildman–Crippen LogP) is 0.673. The van der Waals surface area contributed by atoms with E-state index in [1.807, 2.05) is 0 Å². The van der Waals surface area contributed by atoms with E-state index in [-0.39, 0.29) is 30.8 Å². The van der Waals surface area contributed by atoms with E-state index in [4.69, 9.17) is 5.11 Å². The second-order valence-electron chi connectivity index (χ2n) is 2.63. The molecule has 0 radical (unpaired) electrons. The molecule has 1 rings (SSSR count). The van der Waals surface area contributed by atoms with Gasteiger partial charge in [-0.15, -0.1) is 12.4 Å². The number of halogens is 1. The molecule has 78 valence electrons. The Morgan fingerprint density at radius 1 is 1.43 bits per heavy atom. The van der Waals surface area contributed by atoms with E-state index in [0.717, 1.165) is 6.08 Å². The largest absolute Gasteiger partial charge is 0.481 e. The molecule has 0 amide bonds. The summed E-state index contributed by atoms with van der Waals surface area (Å²) in [7, 11) is 0. The van der Waals surface area contributed by atoms with Crippen molar-refractivity contribution in [3.63, 3.8) is 0 Å². The molecule has 1 N–H and O–H groups in total. The van der Waals surface area contributed by atoms with Gasteiger partial charge in [0.2, 0.25) is 0 Å². The molecule has 0 saturated heterocycles. The van der Waals surface area contributed by atoms with Gasteiger partial charge in [0, 0.05) is 18.1 Å². The highest BCUT2D eigenvalue weighted by Crippen LogP contribution is 2.14. The molecule has 0 aromatic rings. The molecule has 5 nitrogen and oxygen atoms in total. The number of carbonyl (C=O) groups excluding carboxylic acids is 2. The van der Waals surface area contributed by atoms with E-state index >= 15 is 0 Å². The summed E-state index contributed by atoms with van der Waals surface area (Å²) >= 11 is 0. The first-order valence-electron chi connectivity index (χ1n) is 3.78. The molecule has 0 saturated carbocycles. The molecule has 1 heterocycles. The van der Waals surface area contributed by atoms with Crippen molar-refractivity contribution in [2.24, 2.45) is 0 Å². The number of carboxylic acids is 1. The highest BCUT2D eigenvalue weighted by molar-refractivity contribution is 6.08. The summed E-state index contributed by atoms with van der Waals surface area (Å²) in [6.07, 6.45) is 1.70. The van der Waals surface area contributed by atoms with Crippen molar-refractivity contribution in [3.8, 4) is 0 Å². The fourth-order valence-corrected chi connectivity index (χ4v) is 0.992. The highest BCUT2D eigenvalue weighted by atomic mass is 35.5. The molecule has 0 aromatic carbocycles. The SMILES string of the molecule is Cl.O=C(O)CCCC1=CC(=O)OC1=O. The summed E-state index contributed by atoms with van der Waals surface area (Å²) in [5.41, 5.74) is 0.256. The lowest BCUT2D eigenvalue weighted by Crippen LogP contribution is -2.02. The van der Waals surface area contributed by atoms with Gasteiger partial charge in [0.05, 0.1) is 0 Å². The van der Waals surface area contributed by atoms with Crippen LogP contribution in [0.3, 0.4) is 0 Å². The number of hydrogen-bond donors (Lipinski definition) is 1. The van der Waals surface area contributed by atoms with Crippen molar-refractivity contribution in [3.05, 3.63) is 11.6 Å². The van der Waals surface area contributed by atoms with E-state index in [9.17, 15) is 14.4 Å². The summed E-state index contributed by atoms with van der Waals surface area (Å²) in [6, 6.07) is 0. The molecule has 0 aliphatic carbocycles. The summed E-state index contributed by atoms with van der Waals surface area (Å²) in [5.74, 6) is -2.25. The van der Waals surface area contributed by atoms with Crippen LogP contribution in [-0.2, 0) is 19.1 Å². The molecule has 0 atom stereocenters. The Morgan fingerprint density at radius 2 is 2.07 bits per heavy atom. The van der Waals surface area contributed by atoms with Crippen LogP contribution in [0.1, 0.15) is 19.3 Å². The standard InChI is InChI=1S/C8H8O5.ClH/c9-6(10)3-1-2-5-4-7(11)13-8(5)12;/h4H,1-3H2,(H,9,10);1H. The van der Waals surface area contributed by atoms with Crippen LogP contribution in [0.4, 0.5) is 0 Å². The van der Waals surface area contributed by atoms with Gasteiger partial charge < -0.3 is 9.84 Å². The first kappa shape index (κ1) is 12.6. The lowest BCUT2D eigenvalue weighted by molar-refractivity contribution is -0.150. The minimum atomic E-state index is -0.918. The number of ether oxygens (including phenoxy) is 1. The van der Waals surface area contributed by atoms with Gasteiger partial charge in [0.1, 0.15) is 0 Å². The predicted molar refractivity (Wildman–Crippen MR) is 47.9 cm³/mol. The highest BCUT2D eigenvalue weighted by Gasteiger charge is 2.22. The lowest BCUT2D eigenvalue weighted by Gasteiger charge is -1.95. The zero-order chi connectivity index (χ0) is 9.84. The number of rotatable bonds is 4. The second kappa shape index (κ2) is 5.39. The third-order valence-corrected chi connectivity index (χ3v) is 1.58. The molecule has 1 aliphatic rings. The molecular formula is C8H9ClO5. The Labute approximate surface area is 86.1 Å². The van der Waals surface area contributed by atoms with E-state index in [1.54, 1.807) is 0 Å². The maximum atomic E-state index is 10.8. The molecule has 0 unspecified atom stereocenters. The maximum Gasteiger partial charge on any atom is 0.342 e. The van der Waals surface area contributed by atoms with Crippen molar-refractivity contribution in [2.45, 2.75) is 19.3 Å². The van der Waals surface area contributed by atoms with Gasteiger partial charge >= 0.3 is 17.9 Å². The van der Waals surface area contributed by atoms with Crippen LogP contribution in [0.15, 0.2) is 11.6 Å². The topological polar surface area (TPSA) is 80.7 Å². The Kier molecular flexibility index (Phi) is 4.86. The summed E-state index contributed by atoms with van der Waals surface area (Å²) in [5, 5.41) is 8.30. The fraction of sp³-hybridized carbons (Fsp3) is 0.375. The first-order chi connectivity index (χ1) is 6.09. The number of carboxylic acid groups (broad SMARTS) is 1. The molecule has 0 bridgehead atoms. The summed E-state index contributed by atoms with van der Waals surface area (Å²) < 4.78 is 4.21. The third-order valence-electron chi connectivity index (χ3n) is 1.58. The quantitative estimate of drug-likeness (QED) is 0.556. The minimum Gasteiger partial charge on any atom is -0.481 e. The fourth-order valence-electron chi connectivity index (χ4n) is 0.992. The first-order valence-corrected chi connectivity index (χ1v) is 3.78. The molecule has 0 spiro atoms. The Balaban J connectivity index is 0.00000169. The monoisotopic (exact) mass is 220 g/mol. The maximum absolute atomic E-state index is 10.8. The van der Waals surface area contributed by atoms with Crippen LogP contribution in [0, 0.1) is 0 Å². The zero-order valence-electron chi connectivity index (χ0n) is 7.19. The van der Waals surface area contributed by atoms with E-state index in [2.05, 4.69) is 4.74 Å². The van der Waals surface area contributed by atoms with Crippen LogP contribution in [0.2, 0.25) is 0 Å². The van der Waals surface area contributed by atoms with Gasteiger partial charge in [-0.3, -0.25) is 4.79 Å². The zero-order valence-corrected chi connectivity index (χ0v) is 8.00. The van der Waals surface area contributed by atoms with Crippen LogP contribution in [0.25, 0.3) is 0 Å². The number of hydrogen-bond acceptors (Lipinski definition) is 4. The van der Waals surface area contributed by atoms with Crippen molar-refractivity contribution < 1.29 is 24.2 Å². The number of cyclic esters (lactones) is 2. The molecule has 0 aromatic heterocycles. The number of esters is 2. The summed E-state index contributed by atoms with van der Waals surface area (Å²) in [4.78, 5) is 31.4. The molecule has 0 fully saturated rings. The smallest absolute Gasteiger partial charge is 0.342 e. The summed E-state index contributed by atoms with van der Waals surface area (Å²) in [6.45, 7) is 0. The average Bonchev–Trinajstić information content (AvgIpc) is 2.29. The van der Waals surface area contributed by atoms with Crippen molar-refractivity contribution in [1.82, 2.24) is 0 Å². The van der Waals surface area contributed by atoms with Gasteiger partial charge in [-0.2, -0.15) is 0 Å². The second-order valence-corrected chi connectivity index (χ2v) is 2.63. The molecule has 1 aliphatic heterocycles. The molecule has 14 heavy (non-hydrogen) atoms. The number of aliphatic carboxylic acids is 1. The van der Waals surface area contributed by atoms with Crippen LogP contribution < -0.4 is 0 Å². The average molecular weight is 221 g/mol. The Bertz CT molecular complexity index is 294. The Morgan fingerprint density at radius 3 is 2.50 bits per heavy atom. The van der Waals surface area contributed by atoms with Crippen molar-refractivity contribution in [1.29, 1.82) is 0 Å². The lowest BCUT2D eigenvalue weighted by atomic mass is 10.1. The van der Waals surface area contributed by atoms with E-state index in [0.29, 0.717) is 6.42 Å². The van der Waals surface area contributed by atoms with E-state index in [1.165, 1.54) is 0 Å². The third kappa shape index (κ3) is 3.57. The minimum absolute atomic E-state index is 0. The number of carbonyl (C=O) groups is 3.